The second kappa shape index (κ2) is 7.84. The Morgan fingerprint density at radius 3 is 2.29 bits per heavy atom. The molecule has 4 aromatic rings. The average molecular weight is 373 g/mol. The Hall–Kier alpha value is -3.80. The van der Waals surface area contributed by atoms with Gasteiger partial charge in [0.1, 0.15) is 11.5 Å². The highest BCUT2D eigenvalue weighted by Gasteiger charge is 2.12. The standard InChI is InChI=1S/C22H16FN3O2/c23-18-9-7-16(8-10-18)15-3-5-17(6-4-15)22(27)26-14-19-21(25-12-11-24-19)20-2-1-13-28-20/h1-13H,14H2,(H,26,27). The van der Waals surface area contributed by atoms with Crippen LogP contribution in [0, 0.1) is 5.82 Å². The minimum atomic E-state index is -0.280. The van der Waals surface area contributed by atoms with Crippen LogP contribution in [0.2, 0.25) is 0 Å². The molecule has 0 unspecified atom stereocenters. The smallest absolute Gasteiger partial charge is 0.251 e. The number of rotatable bonds is 5. The highest BCUT2D eigenvalue weighted by molar-refractivity contribution is 5.94. The summed E-state index contributed by atoms with van der Waals surface area (Å²) >= 11 is 0. The molecular formula is C22H16FN3O2. The zero-order valence-corrected chi connectivity index (χ0v) is 14.8. The summed E-state index contributed by atoms with van der Waals surface area (Å²) in [5, 5.41) is 2.85. The molecule has 0 aliphatic rings. The van der Waals surface area contributed by atoms with Gasteiger partial charge in [0.05, 0.1) is 18.5 Å². The third-order valence-electron chi connectivity index (χ3n) is 4.27. The van der Waals surface area contributed by atoms with E-state index in [4.69, 9.17) is 4.42 Å². The Morgan fingerprint density at radius 2 is 1.61 bits per heavy atom. The number of nitrogens with zero attached hydrogens (tertiary/aromatic N) is 2. The highest BCUT2D eigenvalue weighted by atomic mass is 19.1. The Balaban J connectivity index is 1.46. The number of hydrogen-bond acceptors (Lipinski definition) is 4. The van der Waals surface area contributed by atoms with Gasteiger partial charge in [-0.2, -0.15) is 0 Å². The molecule has 2 heterocycles. The summed E-state index contributed by atoms with van der Waals surface area (Å²) in [6.45, 7) is 0.225. The summed E-state index contributed by atoms with van der Waals surface area (Å²) < 4.78 is 18.4. The lowest BCUT2D eigenvalue weighted by Crippen LogP contribution is -2.23. The molecule has 6 heteroatoms. The molecule has 0 radical (unpaired) electrons. The van der Waals surface area contributed by atoms with Gasteiger partial charge in [-0.1, -0.05) is 24.3 Å². The van der Waals surface area contributed by atoms with Crippen LogP contribution in [0.5, 0.6) is 0 Å². The largest absolute Gasteiger partial charge is 0.463 e. The van der Waals surface area contributed by atoms with Crippen LogP contribution in [-0.2, 0) is 6.54 Å². The number of nitrogens with one attached hydrogen (secondary N) is 1. The maximum absolute atomic E-state index is 13.0. The fraction of sp³-hybridized carbons (Fsp3) is 0.0455. The summed E-state index contributed by atoms with van der Waals surface area (Å²) in [6, 6.07) is 16.9. The lowest BCUT2D eigenvalue weighted by atomic mass is 10.0. The van der Waals surface area contributed by atoms with Crippen molar-refractivity contribution in [2.45, 2.75) is 6.54 Å². The predicted molar refractivity (Wildman–Crippen MR) is 103 cm³/mol. The minimum Gasteiger partial charge on any atom is -0.463 e. The van der Waals surface area contributed by atoms with Crippen molar-refractivity contribution in [3.05, 3.63) is 96.4 Å². The molecule has 5 nitrogen and oxygen atoms in total. The summed E-state index contributed by atoms with van der Waals surface area (Å²) in [7, 11) is 0. The fourth-order valence-corrected chi connectivity index (χ4v) is 2.84. The number of amides is 1. The van der Waals surface area contributed by atoms with Crippen molar-refractivity contribution >= 4 is 5.91 Å². The first-order valence-corrected chi connectivity index (χ1v) is 8.69. The number of hydrogen-bond donors (Lipinski definition) is 1. The van der Waals surface area contributed by atoms with E-state index in [9.17, 15) is 9.18 Å². The molecule has 1 amide bonds. The molecular weight excluding hydrogens is 357 g/mol. The van der Waals surface area contributed by atoms with Gasteiger partial charge < -0.3 is 9.73 Å². The van der Waals surface area contributed by atoms with Crippen molar-refractivity contribution in [2.75, 3.05) is 0 Å². The molecule has 0 bridgehead atoms. The van der Waals surface area contributed by atoms with Gasteiger partial charge in [-0.3, -0.25) is 9.78 Å². The van der Waals surface area contributed by atoms with Gasteiger partial charge in [-0.05, 0) is 47.5 Å². The van der Waals surface area contributed by atoms with Crippen molar-refractivity contribution in [1.29, 1.82) is 0 Å². The minimum absolute atomic E-state index is 0.221. The third-order valence-corrected chi connectivity index (χ3v) is 4.27. The highest BCUT2D eigenvalue weighted by Crippen LogP contribution is 2.21. The SMILES string of the molecule is O=C(NCc1nccnc1-c1ccco1)c1ccc(-c2ccc(F)cc2)cc1. The van der Waals surface area contributed by atoms with Crippen molar-refractivity contribution in [3.63, 3.8) is 0 Å². The lowest BCUT2D eigenvalue weighted by Gasteiger charge is -2.08. The van der Waals surface area contributed by atoms with Crippen molar-refractivity contribution in [2.24, 2.45) is 0 Å². The number of aromatic nitrogens is 2. The third kappa shape index (κ3) is 3.81. The quantitative estimate of drug-likeness (QED) is 0.560. The van der Waals surface area contributed by atoms with Gasteiger partial charge in [0.2, 0.25) is 0 Å². The maximum atomic E-state index is 13.0. The fourth-order valence-electron chi connectivity index (χ4n) is 2.84. The zero-order valence-electron chi connectivity index (χ0n) is 14.8. The van der Waals surface area contributed by atoms with Gasteiger partial charge in [0.25, 0.3) is 5.91 Å². The maximum Gasteiger partial charge on any atom is 0.251 e. The number of halogens is 1. The van der Waals surface area contributed by atoms with Gasteiger partial charge in [-0.15, -0.1) is 0 Å². The van der Waals surface area contributed by atoms with Gasteiger partial charge in [-0.25, -0.2) is 9.37 Å². The molecule has 0 saturated carbocycles. The summed E-state index contributed by atoms with van der Waals surface area (Å²) in [6.07, 6.45) is 4.72. The van der Waals surface area contributed by atoms with Crippen molar-refractivity contribution in [3.8, 4) is 22.6 Å². The normalized spacial score (nSPS) is 10.6. The van der Waals surface area contributed by atoms with Crippen LogP contribution in [0.3, 0.4) is 0 Å². The Bertz CT molecular complexity index is 1080. The van der Waals surface area contributed by atoms with Gasteiger partial charge >= 0.3 is 0 Å². The summed E-state index contributed by atoms with van der Waals surface area (Å²) in [5.41, 5.74) is 3.53. The molecule has 28 heavy (non-hydrogen) atoms. The Kier molecular flexibility index (Phi) is 4.93. The van der Waals surface area contributed by atoms with Gasteiger partial charge in [0.15, 0.2) is 5.76 Å². The summed E-state index contributed by atoms with van der Waals surface area (Å²) in [5.74, 6) is 0.0976. The van der Waals surface area contributed by atoms with E-state index in [1.54, 1.807) is 55.1 Å². The van der Waals surface area contributed by atoms with E-state index in [1.165, 1.54) is 12.1 Å². The predicted octanol–water partition coefficient (Wildman–Crippen LogP) is 4.47. The Labute approximate surface area is 160 Å². The lowest BCUT2D eigenvalue weighted by molar-refractivity contribution is 0.0950. The van der Waals surface area contributed by atoms with E-state index in [0.29, 0.717) is 22.7 Å². The molecule has 0 aliphatic heterocycles. The van der Waals surface area contributed by atoms with E-state index in [-0.39, 0.29) is 18.3 Å². The second-order valence-electron chi connectivity index (χ2n) is 6.10. The molecule has 0 aliphatic carbocycles. The first-order valence-electron chi connectivity index (χ1n) is 8.69. The monoisotopic (exact) mass is 373 g/mol. The second-order valence-corrected chi connectivity index (χ2v) is 6.10. The van der Waals surface area contributed by atoms with Crippen LogP contribution in [0.15, 0.2) is 83.7 Å². The molecule has 4 rings (SSSR count). The van der Waals surface area contributed by atoms with Crippen LogP contribution in [0.1, 0.15) is 16.1 Å². The summed E-state index contributed by atoms with van der Waals surface area (Å²) in [4.78, 5) is 21.1. The molecule has 0 fully saturated rings. The zero-order chi connectivity index (χ0) is 19.3. The molecule has 2 aromatic carbocycles. The van der Waals surface area contributed by atoms with E-state index in [2.05, 4.69) is 15.3 Å². The molecule has 0 atom stereocenters. The van der Waals surface area contributed by atoms with Crippen LogP contribution in [0.25, 0.3) is 22.6 Å². The van der Waals surface area contributed by atoms with E-state index >= 15 is 0 Å². The van der Waals surface area contributed by atoms with E-state index in [0.717, 1.165) is 11.1 Å². The molecule has 0 spiro atoms. The first kappa shape index (κ1) is 17.6. The molecule has 138 valence electrons. The number of benzene rings is 2. The van der Waals surface area contributed by atoms with E-state index in [1.807, 2.05) is 12.1 Å². The molecule has 1 N–H and O–H groups in total. The van der Waals surface area contributed by atoms with Crippen LogP contribution < -0.4 is 5.32 Å². The van der Waals surface area contributed by atoms with Gasteiger partial charge in [0, 0.05) is 18.0 Å². The molecule has 2 aromatic heterocycles. The van der Waals surface area contributed by atoms with Crippen LogP contribution >= 0.6 is 0 Å². The average Bonchev–Trinajstić information content (AvgIpc) is 3.28. The number of furan rings is 1. The van der Waals surface area contributed by atoms with Crippen LogP contribution in [0.4, 0.5) is 4.39 Å². The number of carbonyl (C=O) groups is 1. The van der Waals surface area contributed by atoms with E-state index < -0.39 is 0 Å². The van der Waals surface area contributed by atoms with Crippen molar-refractivity contribution in [1.82, 2.24) is 15.3 Å². The van der Waals surface area contributed by atoms with Crippen LogP contribution in [-0.4, -0.2) is 15.9 Å². The Morgan fingerprint density at radius 1 is 0.929 bits per heavy atom. The molecule has 0 saturated heterocycles. The topological polar surface area (TPSA) is 68.0 Å². The first-order chi connectivity index (χ1) is 13.7. The van der Waals surface area contributed by atoms with Crippen molar-refractivity contribution < 1.29 is 13.6 Å². The number of carbonyl (C=O) groups excluding carboxylic acids is 1.